The first-order valence-electron chi connectivity index (χ1n) is 10.6. The summed E-state index contributed by atoms with van der Waals surface area (Å²) in [4.78, 5) is 14.5. The molecular formula is C21H35NO6. The first-order chi connectivity index (χ1) is 13.5. The number of Topliss-reactive ketones (excluding diaryl/α,β-unsaturated/α-hetero) is 1. The van der Waals surface area contributed by atoms with Crippen molar-refractivity contribution in [3.63, 3.8) is 0 Å². The van der Waals surface area contributed by atoms with Gasteiger partial charge in [0.05, 0.1) is 31.5 Å². The number of methoxy groups -OCH3 is 4. The van der Waals surface area contributed by atoms with E-state index in [0.717, 1.165) is 17.7 Å². The van der Waals surface area contributed by atoms with Crippen molar-refractivity contribution in [2.75, 3.05) is 35.5 Å². The summed E-state index contributed by atoms with van der Waals surface area (Å²) in [6.07, 6.45) is 1.93. The van der Waals surface area contributed by atoms with Crippen LogP contribution in [0.4, 0.5) is 0 Å². The first kappa shape index (κ1) is 20.7. The lowest BCUT2D eigenvalue weighted by Crippen LogP contribution is -3.22. The van der Waals surface area contributed by atoms with Crippen molar-refractivity contribution < 1.29 is 33.7 Å². The Hall–Kier alpha value is -0.570. The van der Waals surface area contributed by atoms with Crippen molar-refractivity contribution in [3.8, 4) is 0 Å². The van der Waals surface area contributed by atoms with Crippen LogP contribution in [0, 0.1) is 29.6 Å². The Morgan fingerprint density at radius 3 is 2.11 bits per heavy atom. The lowest BCUT2D eigenvalue weighted by atomic mass is 9.49. The maximum atomic E-state index is 13.7. The Morgan fingerprint density at radius 1 is 0.857 bits per heavy atom. The minimum Gasteiger partial charge on any atom is -0.806 e. The summed E-state index contributed by atoms with van der Waals surface area (Å²) in [5.41, 5.74) is 0. The number of hydrogen-bond acceptors (Lipinski definition) is 6. The Kier molecular flexibility index (Phi) is 5.86. The molecule has 0 aromatic rings. The molecule has 12 atom stereocenters. The van der Waals surface area contributed by atoms with Crippen LogP contribution in [0.5, 0.6) is 0 Å². The summed E-state index contributed by atoms with van der Waals surface area (Å²) in [6, 6.07) is -0.237. The van der Waals surface area contributed by atoms with Gasteiger partial charge in [-0.25, -0.2) is 0 Å². The number of quaternary nitrogens is 1. The number of carbonyl (C=O) groups is 1. The van der Waals surface area contributed by atoms with E-state index in [1.165, 1.54) is 0 Å². The minimum absolute atomic E-state index is 0.0181. The van der Waals surface area contributed by atoms with E-state index in [2.05, 4.69) is 0 Å². The second-order valence-electron chi connectivity index (χ2n) is 9.26. The summed E-state index contributed by atoms with van der Waals surface area (Å²) >= 11 is 0. The third kappa shape index (κ3) is 2.97. The van der Waals surface area contributed by atoms with Crippen LogP contribution in [0.1, 0.15) is 25.7 Å². The van der Waals surface area contributed by atoms with Crippen LogP contribution in [-0.2, 0) is 23.7 Å². The molecule has 3 aliphatic carbocycles. The average Bonchev–Trinajstić information content (AvgIpc) is 2.71. The summed E-state index contributed by atoms with van der Waals surface area (Å²) in [6.45, 7) is 0. The fourth-order valence-electron chi connectivity index (χ4n) is 7.21. The molecule has 1 heterocycles. The molecule has 12 unspecified atom stereocenters. The topological polar surface area (TPSA) is 81.5 Å². The molecule has 4 rings (SSSR count). The highest BCUT2D eigenvalue weighted by atomic mass is 16.5. The highest BCUT2D eigenvalue weighted by molar-refractivity contribution is 5.87. The van der Waals surface area contributed by atoms with E-state index in [-0.39, 0.29) is 65.8 Å². The number of ether oxygens (including phenoxy) is 4. The van der Waals surface area contributed by atoms with Gasteiger partial charge in [-0.2, -0.15) is 0 Å². The molecule has 7 nitrogen and oxygen atoms in total. The molecule has 0 bridgehead atoms. The molecule has 0 aromatic carbocycles. The summed E-state index contributed by atoms with van der Waals surface area (Å²) in [7, 11) is 8.80. The van der Waals surface area contributed by atoms with E-state index in [4.69, 9.17) is 18.9 Å². The van der Waals surface area contributed by atoms with Crippen LogP contribution < -0.4 is 10.0 Å². The van der Waals surface area contributed by atoms with Crippen molar-refractivity contribution in [3.05, 3.63) is 0 Å². The van der Waals surface area contributed by atoms with Gasteiger partial charge in [-0.15, -0.1) is 0 Å². The molecular weight excluding hydrogens is 362 g/mol. The number of piperidine rings is 1. The molecule has 160 valence electrons. The third-order valence-electron chi connectivity index (χ3n) is 8.44. The quantitative estimate of drug-likeness (QED) is 0.647. The highest BCUT2D eigenvalue weighted by Crippen LogP contribution is 2.54. The van der Waals surface area contributed by atoms with Crippen molar-refractivity contribution in [1.82, 2.24) is 0 Å². The smallest absolute Gasteiger partial charge is 0.193 e. The second-order valence-corrected chi connectivity index (χ2v) is 9.26. The van der Waals surface area contributed by atoms with Gasteiger partial charge in [-0.3, -0.25) is 4.79 Å². The number of hydrogen-bond donors (Lipinski definition) is 1. The van der Waals surface area contributed by atoms with Crippen molar-refractivity contribution in [2.24, 2.45) is 29.6 Å². The van der Waals surface area contributed by atoms with Gasteiger partial charge < -0.3 is 29.0 Å². The molecule has 3 saturated carbocycles. The lowest BCUT2D eigenvalue weighted by molar-refractivity contribution is -1.00. The van der Waals surface area contributed by atoms with Crippen LogP contribution in [0.25, 0.3) is 0 Å². The van der Waals surface area contributed by atoms with Gasteiger partial charge >= 0.3 is 0 Å². The molecule has 1 saturated heterocycles. The van der Waals surface area contributed by atoms with E-state index >= 15 is 0 Å². The largest absolute Gasteiger partial charge is 0.806 e. The Bertz CT molecular complexity index is 587. The molecule has 4 aliphatic rings. The average molecular weight is 398 g/mol. The molecule has 1 aliphatic heterocycles. The van der Waals surface area contributed by atoms with Crippen molar-refractivity contribution >= 4 is 5.78 Å². The normalized spacial score (nSPS) is 53.4. The van der Waals surface area contributed by atoms with Gasteiger partial charge in [0.15, 0.2) is 5.78 Å². The zero-order chi connectivity index (χ0) is 20.2. The lowest BCUT2D eigenvalue weighted by Gasteiger charge is -2.61. The van der Waals surface area contributed by atoms with Crippen LogP contribution in [0.15, 0.2) is 0 Å². The summed E-state index contributed by atoms with van der Waals surface area (Å²) in [5.74, 6) is 0.967. The predicted molar refractivity (Wildman–Crippen MR) is 98.6 cm³/mol. The SMILES string of the molecule is COC1CC2C(=O)C3C4C(CC(OC)C(OC)C4C2CC1OC)CC([O-])[NH+]3C. The van der Waals surface area contributed by atoms with Gasteiger partial charge in [0, 0.05) is 52.4 Å². The molecule has 0 spiro atoms. The van der Waals surface area contributed by atoms with E-state index in [1.807, 2.05) is 7.05 Å². The second kappa shape index (κ2) is 7.93. The van der Waals surface area contributed by atoms with Crippen LogP contribution in [0.2, 0.25) is 0 Å². The van der Waals surface area contributed by atoms with E-state index < -0.39 is 6.23 Å². The number of carbonyl (C=O) groups excluding carboxylic acids is 1. The van der Waals surface area contributed by atoms with Crippen molar-refractivity contribution in [2.45, 2.75) is 62.4 Å². The Morgan fingerprint density at radius 2 is 1.50 bits per heavy atom. The Labute approximate surface area is 167 Å². The third-order valence-corrected chi connectivity index (χ3v) is 8.44. The maximum Gasteiger partial charge on any atom is 0.193 e. The standard InChI is InChI=1S/C21H34NO6/c1-22-16(23)7-10-6-15(27-4)21(28-5)18-11-8-13(25-2)14(26-3)9-12(11)20(24)19(22)17(10)18/h10-19,21H,6-9H2,1-5H3/q-1/p+1. The number of ketones is 1. The number of likely N-dealkylation sites (N-methyl/N-ethyl adjacent to an activating group) is 1. The first-order valence-corrected chi connectivity index (χ1v) is 10.6. The van der Waals surface area contributed by atoms with Crippen LogP contribution >= 0.6 is 0 Å². The van der Waals surface area contributed by atoms with Gasteiger partial charge in [0.25, 0.3) is 0 Å². The molecule has 1 N–H and O–H groups in total. The maximum absolute atomic E-state index is 13.7. The molecule has 0 radical (unpaired) electrons. The summed E-state index contributed by atoms with van der Waals surface area (Å²) < 4.78 is 23.2. The van der Waals surface area contributed by atoms with Gasteiger partial charge in [-0.1, -0.05) is 0 Å². The van der Waals surface area contributed by atoms with Crippen LogP contribution in [0.3, 0.4) is 0 Å². The van der Waals surface area contributed by atoms with Gasteiger partial charge in [0.2, 0.25) is 0 Å². The van der Waals surface area contributed by atoms with Crippen molar-refractivity contribution in [1.29, 1.82) is 0 Å². The highest BCUT2D eigenvalue weighted by Gasteiger charge is 2.64. The monoisotopic (exact) mass is 397 g/mol. The fraction of sp³-hybridized carbons (Fsp3) is 0.952. The zero-order valence-corrected chi connectivity index (χ0v) is 17.6. The van der Waals surface area contributed by atoms with Gasteiger partial charge in [0.1, 0.15) is 6.04 Å². The van der Waals surface area contributed by atoms with Gasteiger partial charge in [-0.05, 0) is 37.5 Å². The number of fused-ring (bicyclic) bond motifs is 2. The zero-order valence-electron chi connectivity index (χ0n) is 17.6. The van der Waals surface area contributed by atoms with E-state index in [9.17, 15) is 9.90 Å². The minimum atomic E-state index is -0.752. The Balaban J connectivity index is 1.76. The fourth-order valence-corrected chi connectivity index (χ4v) is 7.21. The number of likely N-dealkylation sites (tertiary alicyclic amines) is 1. The molecule has 4 fully saturated rings. The molecule has 0 aromatic heterocycles. The molecule has 28 heavy (non-hydrogen) atoms. The van der Waals surface area contributed by atoms with E-state index in [1.54, 1.807) is 28.4 Å². The number of nitrogens with one attached hydrogen (secondary N) is 1. The number of rotatable bonds is 4. The van der Waals surface area contributed by atoms with E-state index in [0.29, 0.717) is 12.8 Å². The van der Waals surface area contributed by atoms with Crippen LogP contribution in [-0.4, -0.2) is 78.0 Å². The molecule has 0 amide bonds. The molecule has 7 heteroatoms. The predicted octanol–water partition coefficient (Wildman–Crippen LogP) is -1.12. The summed E-state index contributed by atoms with van der Waals surface area (Å²) in [5, 5.41) is 12.8.